The second kappa shape index (κ2) is 11.6. The van der Waals surface area contributed by atoms with Crippen LogP contribution in [0.1, 0.15) is 0 Å². The zero-order valence-corrected chi connectivity index (χ0v) is 22.1. The van der Waals surface area contributed by atoms with Crippen molar-refractivity contribution in [2.75, 3.05) is 26.9 Å². The Morgan fingerprint density at radius 2 is 1.74 bits per heavy atom. The van der Waals surface area contributed by atoms with Crippen LogP contribution in [0, 0.1) is 0 Å². The molecule has 1 aromatic heterocycles. The Kier molecular flexibility index (Phi) is 8.30. The molecule has 3 aromatic rings. The third-order valence-corrected chi connectivity index (χ3v) is 7.27. The summed E-state index contributed by atoms with van der Waals surface area (Å²) in [6, 6.07) is 6.70. The van der Waals surface area contributed by atoms with E-state index in [1.165, 1.54) is 31.4 Å². The van der Waals surface area contributed by atoms with Crippen molar-refractivity contribution in [2.24, 2.45) is 0 Å². The van der Waals surface area contributed by atoms with Gasteiger partial charge in [0.15, 0.2) is 29.1 Å². The highest BCUT2D eigenvalue weighted by atomic mass is 16.7. The Labute approximate surface area is 236 Å². The number of aromatic hydroxyl groups is 2. The summed E-state index contributed by atoms with van der Waals surface area (Å²) < 4.78 is 32.5. The molecule has 8 N–H and O–H groups in total. The quantitative estimate of drug-likeness (QED) is 0.148. The molecule has 0 spiro atoms. The molecule has 228 valence electrons. The molecule has 0 bridgehead atoms. The first-order chi connectivity index (χ1) is 20.0. The van der Waals surface area contributed by atoms with Crippen LogP contribution < -0.4 is 14.9 Å². The molecule has 2 aliphatic heterocycles. The molecule has 15 heteroatoms. The van der Waals surface area contributed by atoms with E-state index in [1.54, 1.807) is 0 Å². The first-order valence-corrected chi connectivity index (χ1v) is 12.7. The van der Waals surface area contributed by atoms with Crippen LogP contribution in [0.2, 0.25) is 0 Å². The number of phenols is 2. The summed E-state index contributed by atoms with van der Waals surface area (Å²) in [5.74, 6) is -0.913. The zero-order valence-electron chi connectivity index (χ0n) is 22.1. The maximum Gasteiger partial charge on any atom is 0.229 e. The van der Waals surface area contributed by atoms with Crippen LogP contribution in [0.5, 0.6) is 23.0 Å². The van der Waals surface area contributed by atoms with E-state index in [2.05, 4.69) is 0 Å². The highest BCUT2D eigenvalue weighted by Gasteiger charge is 2.50. The lowest BCUT2D eigenvalue weighted by Gasteiger charge is -2.40. The van der Waals surface area contributed by atoms with Crippen molar-refractivity contribution < 1.29 is 69.0 Å². The van der Waals surface area contributed by atoms with Crippen molar-refractivity contribution in [1.29, 1.82) is 0 Å². The molecule has 0 saturated carbocycles. The smallest absolute Gasteiger partial charge is 0.229 e. The molecule has 15 nitrogen and oxygen atoms in total. The number of fused-ring (bicyclic) bond motifs is 1. The maximum atomic E-state index is 13.3. The van der Waals surface area contributed by atoms with E-state index >= 15 is 0 Å². The summed E-state index contributed by atoms with van der Waals surface area (Å²) in [7, 11) is 1.35. The van der Waals surface area contributed by atoms with Gasteiger partial charge in [-0.05, 0) is 29.8 Å². The van der Waals surface area contributed by atoms with Crippen LogP contribution in [0.15, 0.2) is 45.8 Å². The highest BCUT2D eigenvalue weighted by molar-refractivity contribution is 5.88. The summed E-state index contributed by atoms with van der Waals surface area (Å²) in [6.07, 6.45) is -10.4. The molecule has 5 rings (SSSR count). The van der Waals surface area contributed by atoms with Gasteiger partial charge in [-0.2, -0.15) is 0 Å². The Morgan fingerprint density at radius 1 is 1.00 bits per heavy atom. The van der Waals surface area contributed by atoms with E-state index in [1.807, 2.05) is 0 Å². The second-order valence-corrected chi connectivity index (χ2v) is 10.0. The van der Waals surface area contributed by atoms with Gasteiger partial charge >= 0.3 is 0 Å². The Morgan fingerprint density at radius 3 is 2.43 bits per heavy atom. The fourth-order valence-electron chi connectivity index (χ4n) is 4.71. The topological polar surface area (TPSA) is 238 Å². The molecule has 3 heterocycles. The fraction of sp³-hybridized carbons (Fsp3) is 0.444. The van der Waals surface area contributed by atoms with E-state index in [0.717, 1.165) is 12.3 Å². The van der Waals surface area contributed by atoms with Gasteiger partial charge in [-0.3, -0.25) is 4.79 Å². The zero-order chi connectivity index (χ0) is 30.3. The Hall–Kier alpha value is -3.51. The Balaban J connectivity index is 1.39. The molecule has 2 aromatic carbocycles. The first kappa shape index (κ1) is 30.0. The van der Waals surface area contributed by atoms with Gasteiger partial charge < -0.3 is 69.0 Å². The predicted molar refractivity (Wildman–Crippen MR) is 139 cm³/mol. The predicted octanol–water partition coefficient (Wildman–Crippen LogP) is -1.48. The molecule has 42 heavy (non-hydrogen) atoms. The van der Waals surface area contributed by atoms with Crippen LogP contribution in [0.3, 0.4) is 0 Å². The number of phenolic OH excluding ortho intramolecular Hbond substituents is 2. The molecule has 0 amide bonds. The largest absolute Gasteiger partial charge is 0.504 e. The van der Waals surface area contributed by atoms with Crippen molar-refractivity contribution in [3.05, 3.63) is 46.8 Å². The number of methoxy groups -OCH3 is 1. The van der Waals surface area contributed by atoms with Gasteiger partial charge in [0, 0.05) is 0 Å². The van der Waals surface area contributed by atoms with E-state index in [4.69, 9.17) is 28.1 Å². The normalized spacial score (nSPS) is 31.4. The molecule has 2 aliphatic rings. The van der Waals surface area contributed by atoms with E-state index in [9.17, 15) is 45.6 Å². The van der Waals surface area contributed by atoms with Gasteiger partial charge in [-0.1, -0.05) is 6.07 Å². The standard InChI is InChI=1S/C27H30O15/c1-37-16-6-11(2-4-14(16)29)13-7-38-22-12(18(13)31)3-5-15(30)23(22)42-25-21(34)20(33)19(32)17(41-25)8-39-26-24(35)27(36,9-28)10-40-26/h2-7,17,19-21,24-26,28-30,32-36H,8-10H2,1H3/t17-,19-,20+,21-,24-,25+,26+,27-/m1/s1. The number of ether oxygens (including phenoxy) is 5. The van der Waals surface area contributed by atoms with Crippen LogP contribution in [-0.4, -0.2) is 116 Å². The summed E-state index contributed by atoms with van der Waals surface area (Å²) in [6.45, 7) is -1.75. The summed E-state index contributed by atoms with van der Waals surface area (Å²) >= 11 is 0. The number of hydrogen-bond donors (Lipinski definition) is 8. The van der Waals surface area contributed by atoms with Crippen molar-refractivity contribution in [2.45, 2.75) is 48.7 Å². The number of rotatable bonds is 8. The fourth-order valence-corrected chi connectivity index (χ4v) is 4.71. The van der Waals surface area contributed by atoms with Crippen molar-refractivity contribution in [3.8, 4) is 34.1 Å². The lowest BCUT2D eigenvalue weighted by atomic mass is 9.99. The summed E-state index contributed by atoms with van der Waals surface area (Å²) in [5, 5.41) is 81.4. The monoisotopic (exact) mass is 594 g/mol. The maximum absolute atomic E-state index is 13.3. The first-order valence-electron chi connectivity index (χ1n) is 12.7. The molecule has 0 aliphatic carbocycles. The van der Waals surface area contributed by atoms with Crippen molar-refractivity contribution in [3.63, 3.8) is 0 Å². The van der Waals surface area contributed by atoms with Crippen LogP contribution in [0.25, 0.3) is 22.1 Å². The third kappa shape index (κ3) is 5.26. The number of aliphatic hydroxyl groups excluding tert-OH is 5. The van der Waals surface area contributed by atoms with Crippen molar-refractivity contribution >= 4 is 11.0 Å². The highest BCUT2D eigenvalue weighted by Crippen LogP contribution is 2.38. The van der Waals surface area contributed by atoms with Crippen LogP contribution >= 0.6 is 0 Å². The van der Waals surface area contributed by atoms with E-state index in [-0.39, 0.29) is 28.0 Å². The summed E-state index contributed by atoms with van der Waals surface area (Å²) in [5.41, 5.74) is -2.23. The minimum absolute atomic E-state index is 0.0261. The molecule has 2 fully saturated rings. The lowest BCUT2D eigenvalue weighted by Crippen LogP contribution is -2.60. The van der Waals surface area contributed by atoms with Gasteiger partial charge in [0.1, 0.15) is 42.4 Å². The molecular weight excluding hydrogens is 564 g/mol. The molecular formula is C27H30O15. The van der Waals surface area contributed by atoms with Crippen molar-refractivity contribution in [1.82, 2.24) is 0 Å². The Bertz CT molecular complexity index is 1490. The third-order valence-electron chi connectivity index (χ3n) is 7.27. The number of benzene rings is 2. The van der Waals surface area contributed by atoms with Crippen LogP contribution in [0.4, 0.5) is 0 Å². The molecule has 0 unspecified atom stereocenters. The summed E-state index contributed by atoms with van der Waals surface area (Å²) in [4.78, 5) is 13.3. The van der Waals surface area contributed by atoms with Crippen LogP contribution in [-0.2, 0) is 14.2 Å². The minimum atomic E-state index is -1.96. The van der Waals surface area contributed by atoms with Gasteiger partial charge in [-0.15, -0.1) is 0 Å². The molecule has 2 saturated heterocycles. The SMILES string of the molecule is COc1cc(-c2coc3c(O[C@@H]4O[C@H](CO[C@H]5OC[C@](O)(CO)[C@@H]5O)[C@@H](O)[C@H](O)[C@H]4O)c(O)ccc3c2=O)ccc1O. The average molecular weight is 595 g/mol. The molecule has 0 radical (unpaired) electrons. The minimum Gasteiger partial charge on any atom is -0.504 e. The number of hydrogen-bond acceptors (Lipinski definition) is 15. The molecule has 8 atom stereocenters. The van der Waals surface area contributed by atoms with Gasteiger partial charge in [0.25, 0.3) is 0 Å². The van der Waals surface area contributed by atoms with Gasteiger partial charge in [-0.25, -0.2) is 0 Å². The van der Waals surface area contributed by atoms with E-state index in [0.29, 0.717) is 5.56 Å². The van der Waals surface area contributed by atoms with E-state index < -0.39 is 85.4 Å². The lowest BCUT2D eigenvalue weighted by molar-refractivity contribution is -0.289. The van der Waals surface area contributed by atoms with Gasteiger partial charge in [0.2, 0.25) is 17.5 Å². The second-order valence-electron chi connectivity index (χ2n) is 10.0. The number of aliphatic hydroxyl groups is 6. The van der Waals surface area contributed by atoms with Gasteiger partial charge in [0.05, 0.1) is 37.9 Å². The average Bonchev–Trinajstić information content (AvgIpc) is 3.27.